The molecule has 0 radical (unpaired) electrons. The highest BCUT2D eigenvalue weighted by atomic mass is 16.5. The van der Waals surface area contributed by atoms with Gasteiger partial charge in [0.2, 0.25) is 5.75 Å². The molecule has 5 heteroatoms. The zero-order chi connectivity index (χ0) is 14.7. The maximum Gasteiger partial charge on any atom is 0.297 e. The summed E-state index contributed by atoms with van der Waals surface area (Å²) in [7, 11) is 0. The zero-order valence-electron chi connectivity index (χ0n) is 11.8. The Morgan fingerprint density at radius 2 is 2.10 bits per heavy atom. The third kappa shape index (κ3) is 2.43. The molecular weight excluding hydrogens is 256 g/mol. The molecule has 0 aliphatic rings. The molecule has 2 rings (SSSR count). The van der Waals surface area contributed by atoms with Crippen molar-refractivity contribution in [1.29, 1.82) is 0 Å². The van der Waals surface area contributed by atoms with E-state index in [0.717, 1.165) is 12.8 Å². The van der Waals surface area contributed by atoms with Gasteiger partial charge in [-0.1, -0.05) is 13.3 Å². The predicted octanol–water partition coefficient (Wildman–Crippen LogP) is 2.49. The number of anilines is 1. The zero-order valence-corrected chi connectivity index (χ0v) is 11.8. The molecule has 0 saturated heterocycles. The van der Waals surface area contributed by atoms with Crippen LogP contribution >= 0.6 is 0 Å². The molecule has 1 aromatic carbocycles. The molecule has 0 aliphatic carbocycles. The van der Waals surface area contributed by atoms with Crippen LogP contribution in [0.15, 0.2) is 23.0 Å². The minimum Gasteiger partial charge on any atom is -0.504 e. The third-order valence-electron chi connectivity index (χ3n) is 3.28. The van der Waals surface area contributed by atoms with Gasteiger partial charge in [-0.25, -0.2) is 0 Å². The Morgan fingerprint density at radius 3 is 2.75 bits per heavy atom. The van der Waals surface area contributed by atoms with Crippen molar-refractivity contribution < 1.29 is 9.84 Å². The lowest BCUT2D eigenvalue weighted by atomic mass is 10.1. The second kappa shape index (κ2) is 5.86. The van der Waals surface area contributed by atoms with Gasteiger partial charge >= 0.3 is 0 Å². The standard InChI is InChI=1S/C15H20N2O3/c1-3-5-8-20-14-13(18)11-7-6-10(16)9-12(11)17(4-2)15(14)19/h6-7,9,18H,3-5,8,16H2,1-2H3. The first kappa shape index (κ1) is 14.2. The Balaban J connectivity index is 2.64. The van der Waals surface area contributed by atoms with Gasteiger partial charge in [0.15, 0.2) is 5.75 Å². The quantitative estimate of drug-likeness (QED) is 0.649. The minimum absolute atomic E-state index is 0.0255. The monoisotopic (exact) mass is 276 g/mol. The highest BCUT2D eigenvalue weighted by Gasteiger charge is 2.16. The van der Waals surface area contributed by atoms with E-state index in [2.05, 4.69) is 0 Å². The van der Waals surface area contributed by atoms with Crippen LogP contribution in [0.1, 0.15) is 26.7 Å². The summed E-state index contributed by atoms with van der Waals surface area (Å²) in [5, 5.41) is 10.8. The van der Waals surface area contributed by atoms with E-state index in [1.165, 1.54) is 0 Å². The number of fused-ring (bicyclic) bond motifs is 1. The fourth-order valence-electron chi connectivity index (χ4n) is 2.19. The largest absolute Gasteiger partial charge is 0.504 e. The first-order valence-electron chi connectivity index (χ1n) is 6.87. The first-order valence-corrected chi connectivity index (χ1v) is 6.87. The van der Waals surface area contributed by atoms with E-state index in [9.17, 15) is 9.90 Å². The summed E-state index contributed by atoms with van der Waals surface area (Å²) in [5.74, 6) is -0.0802. The summed E-state index contributed by atoms with van der Waals surface area (Å²) in [6.07, 6.45) is 1.80. The maximum atomic E-state index is 12.4. The topological polar surface area (TPSA) is 77.5 Å². The van der Waals surface area contributed by atoms with Crippen molar-refractivity contribution in [1.82, 2.24) is 4.57 Å². The second-order valence-electron chi connectivity index (χ2n) is 4.71. The van der Waals surface area contributed by atoms with Crippen LogP contribution in [-0.2, 0) is 6.54 Å². The Labute approximate surface area is 117 Å². The lowest BCUT2D eigenvalue weighted by Gasteiger charge is -2.14. The summed E-state index contributed by atoms with van der Waals surface area (Å²) >= 11 is 0. The predicted molar refractivity (Wildman–Crippen MR) is 80.4 cm³/mol. The van der Waals surface area contributed by atoms with Crippen molar-refractivity contribution in [3.05, 3.63) is 28.6 Å². The molecule has 108 valence electrons. The van der Waals surface area contributed by atoms with E-state index in [-0.39, 0.29) is 17.1 Å². The van der Waals surface area contributed by atoms with E-state index in [1.54, 1.807) is 22.8 Å². The molecule has 2 aromatic rings. The lowest BCUT2D eigenvalue weighted by molar-refractivity contribution is 0.287. The Bertz CT molecular complexity index is 677. The maximum absolute atomic E-state index is 12.4. The number of hydrogen-bond donors (Lipinski definition) is 2. The van der Waals surface area contributed by atoms with E-state index in [0.29, 0.717) is 29.7 Å². The summed E-state index contributed by atoms with van der Waals surface area (Å²) in [6, 6.07) is 5.09. The second-order valence-corrected chi connectivity index (χ2v) is 4.71. The number of hydrogen-bond acceptors (Lipinski definition) is 4. The molecule has 0 unspecified atom stereocenters. The fraction of sp³-hybridized carbons (Fsp3) is 0.400. The van der Waals surface area contributed by atoms with E-state index in [1.807, 2.05) is 13.8 Å². The van der Waals surface area contributed by atoms with E-state index >= 15 is 0 Å². The number of benzene rings is 1. The molecule has 1 heterocycles. The number of aromatic hydroxyl groups is 1. The molecule has 20 heavy (non-hydrogen) atoms. The van der Waals surface area contributed by atoms with Gasteiger partial charge in [0.05, 0.1) is 12.1 Å². The molecule has 0 amide bonds. The minimum atomic E-state index is -0.320. The summed E-state index contributed by atoms with van der Waals surface area (Å²) in [5.41, 5.74) is 6.61. The molecule has 0 fully saturated rings. The number of ether oxygens (including phenoxy) is 1. The average molecular weight is 276 g/mol. The Hall–Kier alpha value is -2.17. The summed E-state index contributed by atoms with van der Waals surface area (Å²) < 4.78 is 7.04. The number of nitrogen functional groups attached to an aromatic ring is 1. The van der Waals surface area contributed by atoms with E-state index < -0.39 is 0 Å². The van der Waals surface area contributed by atoms with Crippen molar-refractivity contribution in [3.63, 3.8) is 0 Å². The number of pyridine rings is 1. The number of nitrogens with two attached hydrogens (primary N) is 1. The number of aryl methyl sites for hydroxylation is 1. The molecule has 0 saturated carbocycles. The number of rotatable bonds is 5. The van der Waals surface area contributed by atoms with Crippen LogP contribution in [0.4, 0.5) is 5.69 Å². The summed E-state index contributed by atoms with van der Waals surface area (Å²) in [4.78, 5) is 12.4. The molecule has 3 N–H and O–H groups in total. The van der Waals surface area contributed by atoms with Crippen LogP contribution in [0.5, 0.6) is 11.5 Å². The van der Waals surface area contributed by atoms with Gasteiger partial charge in [-0.05, 0) is 31.5 Å². The third-order valence-corrected chi connectivity index (χ3v) is 3.28. The number of nitrogens with zero attached hydrogens (tertiary/aromatic N) is 1. The molecular formula is C15H20N2O3. The van der Waals surface area contributed by atoms with Crippen molar-refractivity contribution in [2.75, 3.05) is 12.3 Å². The normalized spacial score (nSPS) is 10.9. The highest BCUT2D eigenvalue weighted by Crippen LogP contribution is 2.32. The summed E-state index contributed by atoms with van der Waals surface area (Å²) in [6.45, 7) is 4.82. The lowest BCUT2D eigenvalue weighted by Crippen LogP contribution is -2.22. The smallest absolute Gasteiger partial charge is 0.297 e. The van der Waals surface area contributed by atoms with Crippen molar-refractivity contribution in [2.24, 2.45) is 0 Å². The molecule has 0 aliphatic heterocycles. The van der Waals surface area contributed by atoms with Gasteiger partial charge in [0, 0.05) is 17.6 Å². The van der Waals surface area contributed by atoms with Crippen molar-refractivity contribution in [3.8, 4) is 11.5 Å². The molecule has 5 nitrogen and oxygen atoms in total. The van der Waals surface area contributed by atoms with Crippen LogP contribution in [0.2, 0.25) is 0 Å². The Kier molecular flexibility index (Phi) is 4.17. The molecule has 0 atom stereocenters. The van der Waals surface area contributed by atoms with Crippen molar-refractivity contribution in [2.45, 2.75) is 33.2 Å². The first-order chi connectivity index (χ1) is 9.60. The van der Waals surface area contributed by atoms with Gasteiger partial charge in [-0.2, -0.15) is 0 Å². The van der Waals surface area contributed by atoms with Gasteiger partial charge in [0.1, 0.15) is 0 Å². The van der Waals surface area contributed by atoms with Crippen molar-refractivity contribution >= 4 is 16.6 Å². The van der Waals surface area contributed by atoms with Crippen LogP contribution in [0.25, 0.3) is 10.9 Å². The van der Waals surface area contributed by atoms with Crippen LogP contribution in [-0.4, -0.2) is 16.3 Å². The molecule has 1 aromatic heterocycles. The van der Waals surface area contributed by atoms with Gasteiger partial charge in [-0.15, -0.1) is 0 Å². The van der Waals surface area contributed by atoms with Crippen LogP contribution in [0, 0.1) is 0 Å². The highest BCUT2D eigenvalue weighted by molar-refractivity contribution is 5.89. The van der Waals surface area contributed by atoms with Crippen LogP contribution in [0.3, 0.4) is 0 Å². The number of unbranched alkanes of at least 4 members (excludes halogenated alkanes) is 1. The van der Waals surface area contributed by atoms with Gasteiger partial charge in [0.25, 0.3) is 5.56 Å². The van der Waals surface area contributed by atoms with Gasteiger partial charge < -0.3 is 20.1 Å². The number of aromatic nitrogens is 1. The molecule has 0 spiro atoms. The molecule has 0 bridgehead atoms. The van der Waals surface area contributed by atoms with E-state index in [4.69, 9.17) is 10.5 Å². The fourth-order valence-corrected chi connectivity index (χ4v) is 2.19. The van der Waals surface area contributed by atoms with Gasteiger partial charge in [-0.3, -0.25) is 4.79 Å². The average Bonchev–Trinajstić information content (AvgIpc) is 2.43. The SMILES string of the molecule is CCCCOc1c(O)c2ccc(N)cc2n(CC)c1=O. The Morgan fingerprint density at radius 1 is 1.35 bits per heavy atom. The van der Waals surface area contributed by atoms with Crippen LogP contribution < -0.4 is 16.0 Å².